The number of nitrogens with zero attached hydrogens (tertiary/aromatic N) is 4. The van der Waals surface area contributed by atoms with E-state index in [-0.39, 0.29) is 11.9 Å². The molecule has 108 valence electrons. The Morgan fingerprint density at radius 3 is 2.90 bits per heavy atom. The number of benzene rings is 1. The van der Waals surface area contributed by atoms with Crippen LogP contribution in [-0.2, 0) is 0 Å². The van der Waals surface area contributed by atoms with Crippen LogP contribution in [0.5, 0.6) is 0 Å². The topological polar surface area (TPSA) is 69.6 Å². The highest BCUT2D eigenvalue weighted by atomic mass is 19.1. The van der Waals surface area contributed by atoms with Crippen LogP contribution in [0.4, 0.5) is 10.1 Å². The predicted molar refractivity (Wildman–Crippen MR) is 76.5 cm³/mol. The Bertz CT molecular complexity index is 566. The van der Waals surface area contributed by atoms with Crippen LogP contribution in [-0.4, -0.2) is 20.2 Å². The van der Waals surface area contributed by atoms with E-state index in [0.717, 1.165) is 12.8 Å². The molecule has 0 bridgehead atoms. The van der Waals surface area contributed by atoms with Gasteiger partial charge in [-0.15, -0.1) is 5.10 Å². The third-order valence-electron chi connectivity index (χ3n) is 3.39. The standard InChI is InChI=1S/C14H20FN5/c1-3-4-5-6-10(2)20-14(17-18-19-20)12-9-11(15)7-8-13(12)16/h7-10H,3-6,16H2,1-2H3. The maximum Gasteiger partial charge on any atom is 0.184 e. The van der Waals surface area contributed by atoms with Gasteiger partial charge >= 0.3 is 0 Å². The van der Waals surface area contributed by atoms with Crippen LogP contribution in [0.15, 0.2) is 18.2 Å². The second-order valence-corrected chi connectivity index (χ2v) is 5.02. The summed E-state index contributed by atoms with van der Waals surface area (Å²) in [6, 6.07) is 4.40. The summed E-state index contributed by atoms with van der Waals surface area (Å²) in [5.74, 6) is 0.174. The van der Waals surface area contributed by atoms with Gasteiger partial charge in [0.2, 0.25) is 0 Å². The van der Waals surface area contributed by atoms with Crippen molar-refractivity contribution in [2.75, 3.05) is 5.73 Å². The van der Waals surface area contributed by atoms with Crippen molar-refractivity contribution < 1.29 is 4.39 Å². The average molecular weight is 277 g/mol. The molecule has 2 N–H and O–H groups in total. The summed E-state index contributed by atoms with van der Waals surface area (Å²) in [7, 11) is 0. The van der Waals surface area contributed by atoms with Crippen molar-refractivity contribution in [3.63, 3.8) is 0 Å². The second-order valence-electron chi connectivity index (χ2n) is 5.02. The zero-order valence-corrected chi connectivity index (χ0v) is 11.9. The van der Waals surface area contributed by atoms with Gasteiger partial charge in [0.25, 0.3) is 0 Å². The van der Waals surface area contributed by atoms with Crippen LogP contribution in [0.25, 0.3) is 11.4 Å². The van der Waals surface area contributed by atoms with Gasteiger partial charge in [-0.1, -0.05) is 26.2 Å². The molecule has 0 radical (unpaired) electrons. The molecule has 2 rings (SSSR count). The first-order valence-corrected chi connectivity index (χ1v) is 6.96. The molecule has 0 aliphatic heterocycles. The highest BCUT2D eigenvalue weighted by molar-refractivity contribution is 5.71. The Hall–Kier alpha value is -1.98. The molecule has 1 aromatic carbocycles. The fraction of sp³-hybridized carbons (Fsp3) is 0.500. The van der Waals surface area contributed by atoms with Gasteiger partial charge in [-0.3, -0.25) is 0 Å². The monoisotopic (exact) mass is 277 g/mol. The molecule has 1 atom stereocenters. The number of hydrogen-bond donors (Lipinski definition) is 1. The Kier molecular flexibility index (Phi) is 4.65. The number of nitrogens with two attached hydrogens (primary N) is 1. The van der Waals surface area contributed by atoms with Gasteiger partial charge in [0.1, 0.15) is 5.82 Å². The highest BCUT2D eigenvalue weighted by Crippen LogP contribution is 2.27. The molecular formula is C14H20FN5. The number of unbranched alkanes of at least 4 members (excludes halogenated alkanes) is 2. The SMILES string of the molecule is CCCCCC(C)n1nnnc1-c1cc(F)ccc1N. The molecule has 0 aliphatic carbocycles. The Balaban J connectivity index is 2.26. The first-order chi connectivity index (χ1) is 9.63. The molecule has 0 saturated carbocycles. The summed E-state index contributed by atoms with van der Waals surface area (Å²) < 4.78 is 15.1. The Morgan fingerprint density at radius 1 is 1.35 bits per heavy atom. The van der Waals surface area contributed by atoms with Crippen LogP contribution >= 0.6 is 0 Å². The maximum absolute atomic E-state index is 13.4. The third-order valence-corrected chi connectivity index (χ3v) is 3.39. The highest BCUT2D eigenvalue weighted by Gasteiger charge is 2.16. The molecule has 1 heterocycles. The van der Waals surface area contributed by atoms with Crippen LogP contribution in [0.2, 0.25) is 0 Å². The summed E-state index contributed by atoms with van der Waals surface area (Å²) in [6.45, 7) is 4.23. The van der Waals surface area contributed by atoms with E-state index in [2.05, 4.69) is 29.4 Å². The van der Waals surface area contributed by atoms with Crippen LogP contribution in [0.1, 0.15) is 45.6 Å². The molecule has 0 saturated heterocycles. The lowest BCUT2D eigenvalue weighted by Crippen LogP contribution is -2.10. The number of anilines is 1. The molecular weight excluding hydrogens is 257 g/mol. The van der Waals surface area contributed by atoms with Crippen molar-refractivity contribution >= 4 is 5.69 Å². The largest absolute Gasteiger partial charge is 0.398 e. The lowest BCUT2D eigenvalue weighted by molar-refractivity contribution is 0.432. The summed E-state index contributed by atoms with van der Waals surface area (Å²) in [5, 5.41) is 11.7. The van der Waals surface area contributed by atoms with E-state index in [1.165, 1.54) is 31.0 Å². The van der Waals surface area contributed by atoms with Gasteiger partial charge in [0.05, 0.1) is 6.04 Å². The fourth-order valence-electron chi connectivity index (χ4n) is 2.20. The van der Waals surface area contributed by atoms with Crippen molar-refractivity contribution in [1.29, 1.82) is 0 Å². The Labute approximate surface area is 118 Å². The van der Waals surface area contributed by atoms with E-state index in [1.807, 2.05) is 0 Å². The molecule has 2 aromatic rings. The van der Waals surface area contributed by atoms with Crippen molar-refractivity contribution in [3.05, 3.63) is 24.0 Å². The first kappa shape index (κ1) is 14.4. The van der Waals surface area contributed by atoms with Crippen molar-refractivity contribution in [3.8, 4) is 11.4 Å². The Morgan fingerprint density at radius 2 is 2.15 bits per heavy atom. The van der Waals surface area contributed by atoms with E-state index < -0.39 is 0 Å². The predicted octanol–water partition coefficient (Wildman–Crippen LogP) is 3.20. The van der Waals surface area contributed by atoms with Gasteiger partial charge in [-0.05, 0) is 42.0 Å². The minimum absolute atomic E-state index is 0.161. The molecule has 20 heavy (non-hydrogen) atoms. The molecule has 0 aliphatic rings. The molecule has 0 fully saturated rings. The normalized spacial score (nSPS) is 12.6. The number of rotatable bonds is 6. The lowest BCUT2D eigenvalue weighted by Gasteiger charge is -2.14. The summed E-state index contributed by atoms with van der Waals surface area (Å²) in [5.41, 5.74) is 6.91. The second kappa shape index (κ2) is 6.45. The zero-order chi connectivity index (χ0) is 14.5. The van der Waals surface area contributed by atoms with Gasteiger partial charge in [0, 0.05) is 11.3 Å². The van der Waals surface area contributed by atoms with E-state index >= 15 is 0 Å². The molecule has 6 heteroatoms. The number of nitrogen functional groups attached to an aromatic ring is 1. The summed E-state index contributed by atoms with van der Waals surface area (Å²) in [6.07, 6.45) is 4.46. The van der Waals surface area contributed by atoms with Crippen LogP contribution in [0.3, 0.4) is 0 Å². The number of halogens is 1. The van der Waals surface area contributed by atoms with E-state index in [1.54, 1.807) is 4.68 Å². The molecule has 5 nitrogen and oxygen atoms in total. The first-order valence-electron chi connectivity index (χ1n) is 6.96. The zero-order valence-electron chi connectivity index (χ0n) is 11.9. The quantitative estimate of drug-likeness (QED) is 0.650. The molecule has 0 amide bonds. The van der Waals surface area contributed by atoms with E-state index in [4.69, 9.17) is 5.73 Å². The van der Waals surface area contributed by atoms with Crippen molar-refractivity contribution in [2.45, 2.75) is 45.6 Å². The van der Waals surface area contributed by atoms with Crippen LogP contribution < -0.4 is 5.73 Å². The van der Waals surface area contributed by atoms with E-state index in [9.17, 15) is 4.39 Å². The number of tetrazole rings is 1. The van der Waals surface area contributed by atoms with Crippen LogP contribution in [0, 0.1) is 5.82 Å². The van der Waals surface area contributed by atoms with E-state index in [0.29, 0.717) is 17.1 Å². The minimum atomic E-state index is -0.345. The van der Waals surface area contributed by atoms with Gasteiger partial charge in [-0.25, -0.2) is 9.07 Å². The summed E-state index contributed by atoms with van der Waals surface area (Å²) >= 11 is 0. The smallest absolute Gasteiger partial charge is 0.184 e. The third kappa shape index (κ3) is 3.12. The molecule has 1 aromatic heterocycles. The number of aromatic nitrogens is 4. The lowest BCUT2D eigenvalue weighted by atomic mass is 10.1. The van der Waals surface area contributed by atoms with Gasteiger partial charge in [-0.2, -0.15) is 0 Å². The maximum atomic E-state index is 13.4. The van der Waals surface area contributed by atoms with Gasteiger partial charge in [0.15, 0.2) is 5.82 Å². The van der Waals surface area contributed by atoms with Crippen molar-refractivity contribution in [1.82, 2.24) is 20.2 Å². The van der Waals surface area contributed by atoms with Gasteiger partial charge < -0.3 is 5.73 Å². The van der Waals surface area contributed by atoms with Crippen molar-refractivity contribution in [2.24, 2.45) is 0 Å². The molecule has 0 spiro atoms. The average Bonchev–Trinajstić information content (AvgIpc) is 2.91. The minimum Gasteiger partial charge on any atom is -0.398 e. The fourth-order valence-corrected chi connectivity index (χ4v) is 2.20. The molecule has 1 unspecified atom stereocenters. The summed E-state index contributed by atoms with van der Waals surface area (Å²) in [4.78, 5) is 0. The number of hydrogen-bond acceptors (Lipinski definition) is 4.